The number of amides is 1. The van der Waals surface area contributed by atoms with Gasteiger partial charge in [-0.25, -0.2) is 4.68 Å². The molecule has 1 amide bonds. The maximum Gasteiger partial charge on any atom is 0.253 e. The van der Waals surface area contributed by atoms with Gasteiger partial charge in [0, 0.05) is 50.4 Å². The number of aryl methyl sites for hydroxylation is 1. The summed E-state index contributed by atoms with van der Waals surface area (Å²) in [6.07, 6.45) is 7.27. The van der Waals surface area contributed by atoms with Crippen LogP contribution in [0.5, 0.6) is 0 Å². The molecule has 0 aliphatic rings. The van der Waals surface area contributed by atoms with Crippen molar-refractivity contribution in [2.45, 2.75) is 6.54 Å². The summed E-state index contributed by atoms with van der Waals surface area (Å²) < 4.78 is 3.49. The first kappa shape index (κ1) is 14.1. The quantitative estimate of drug-likeness (QED) is 0.738. The van der Waals surface area contributed by atoms with E-state index in [1.54, 1.807) is 33.7 Å². The van der Waals surface area contributed by atoms with E-state index < -0.39 is 0 Å². The van der Waals surface area contributed by atoms with E-state index in [1.165, 1.54) is 0 Å². The summed E-state index contributed by atoms with van der Waals surface area (Å²) in [6.45, 7) is 0.535. The highest BCUT2D eigenvalue weighted by Gasteiger charge is 2.12. The van der Waals surface area contributed by atoms with Crippen LogP contribution < -0.4 is 0 Å². The van der Waals surface area contributed by atoms with Crippen LogP contribution in [-0.4, -0.2) is 37.4 Å². The van der Waals surface area contributed by atoms with Crippen molar-refractivity contribution < 1.29 is 4.79 Å². The molecule has 1 aromatic carbocycles. The van der Waals surface area contributed by atoms with Gasteiger partial charge in [-0.1, -0.05) is 0 Å². The van der Waals surface area contributed by atoms with Crippen LogP contribution in [0.15, 0.2) is 55.1 Å². The second kappa shape index (κ2) is 5.85. The van der Waals surface area contributed by atoms with Crippen molar-refractivity contribution in [1.82, 2.24) is 24.5 Å². The zero-order chi connectivity index (χ0) is 15.5. The summed E-state index contributed by atoms with van der Waals surface area (Å²) in [5.74, 6) is -0.0177. The highest BCUT2D eigenvalue weighted by molar-refractivity contribution is 5.94. The Hall–Kier alpha value is -2.89. The zero-order valence-electron chi connectivity index (χ0n) is 12.5. The summed E-state index contributed by atoms with van der Waals surface area (Å²) in [7, 11) is 3.65. The van der Waals surface area contributed by atoms with Gasteiger partial charge in [-0.2, -0.15) is 10.2 Å². The van der Waals surface area contributed by atoms with E-state index in [9.17, 15) is 4.79 Å². The molecule has 3 aromatic rings. The molecule has 0 radical (unpaired) electrons. The molecule has 2 aromatic heterocycles. The summed E-state index contributed by atoms with van der Waals surface area (Å²) in [4.78, 5) is 14.1. The molecule has 22 heavy (non-hydrogen) atoms. The normalized spacial score (nSPS) is 10.6. The van der Waals surface area contributed by atoms with E-state index in [1.807, 2.05) is 49.8 Å². The third-order valence-electron chi connectivity index (χ3n) is 3.41. The minimum Gasteiger partial charge on any atom is -0.337 e. The molecule has 0 aliphatic carbocycles. The minimum atomic E-state index is -0.0177. The van der Waals surface area contributed by atoms with Crippen molar-refractivity contribution in [2.75, 3.05) is 7.05 Å². The van der Waals surface area contributed by atoms with E-state index in [0.717, 1.165) is 11.3 Å². The van der Waals surface area contributed by atoms with Crippen LogP contribution in [0.4, 0.5) is 0 Å². The van der Waals surface area contributed by atoms with E-state index >= 15 is 0 Å². The van der Waals surface area contributed by atoms with Crippen LogP contribution in [0.3, 0.4) is 0 Å². The zero-order valence-corrected chi connectivity index (χ0v) is 12.5. The first-order valence-electron chi connectivity index (χ1n) is 6.96. The van der Waals surface area contributed by atoms with Gasteiger partial charge in [0.15, 0.2) is 0 Å². The summed E-state index contributed by atoms with van der Waals surface area (Å²) >= 11 is 0. The lowest BCUT2D eigenvalue weighted by molar-refractivity contribution is 0.0785. The van der Waals surface area contributed by atoms with E-state index in [2.05, 4.69) is 10.2 Å². The van der Waals surface area contributed by atoms with Gasteiger partial charge >= 0.3 is 0 Å². The fraction of sp³-hybridized carbons (Fsp3) is 0.188. The molecule has 0 unspecified atom stereocenters. The molecule has 0 saturated heterocycles. The Morgan fingerprint density at radius 1 is 1.23 bits per heavy atom. The smallest absolute Gasteiger partial charge is 0.253 e. The predicted octanol–water partition coefficient (Wildman–Crippen LogP) is 1.88. The number of rotatable bonds is 4. The van der Waals surface area contributed by atoms with Gasteiger partial charge in [0.05, 0.1) is 11.9 Å². The average molecular weight is 295 g/mol. The van der Waals surface area contributed by atoms with Crippen LogP contribution in [0.1, 0.15) is 15.9 Å². The van der Waals surface area contributed by atoms with Gasteiger partial charge < -0.3 is 4.90 Å². The van der Waals surface area contributed by atoms with Crippen molar-refractivity contribution in [2.24, 2.45) is 7.05 Å². The monoisotopic (exact) mass is 295 g/mol. The van der Waals surface area contributed by atoms with Crippen LogP contribution >= 0.6 is 0 Å². The van der Waals surface area contributed by atoms with E-state index in [-0.39, 0.29) is 5.91 Å². The number of aromatic nitrogens is 4. The number of hydrogen-bond donors (Lipinski definition) is 0. The van der Waals surface area contributed by atoms with Crippen LogP contribution in [0.25, 0.3) is 5.69 Å². The van der Waals surface area contributed by atoms with Gasteiger partial charge in [0.1, 0.15) is 0 Å². The van der Waals surface area contributed by atoms with Gasteiger partial charge in [0.25, 0.3) is 5.91 Å². The van der Waals surface area contributed by atoms with Gasteiger partial charge in [0.2, 0.25) is 0 Å². The van der Waals surface area contributed by atoms with Crippen LogP contribution in [-0.2, 0) is 13.6 Å². The minimum absolute atomic E-state index is 0.0177. The largest absolute Gasteiger partial charge is 0.337 e. The molecule has 0 atom stereocenters. The SMILES string of the molecule is CN(Cc1cnn(C)c1)C(=O)c1ccc(-n2cccn2)cc1. The first-order chi connectivity index (χ1) is 10.6. The summed E-state index contributed by atoms with van der Waals surface area (Å²) in [5, 5.41) is 8.28. The average Bonchev–Trinajstić information content (AvgIpc) is 3.18. The molecular weight excluding hydrogens is 278 g/mol. The maximum absolute atomic E-state index is 12.4. The van der Waals surface area contributed by atoms with Crippen molar-refractivity contribution in [3.8, 4) is 5.69 Å². The van der Waals surface area contributed by atoms with Crippen molar-refractivity contribution >= 4 is 5.91 Å². The fourth-order valence-corrected chi connectivity index (χ4v) is 2.30. The topological polar surface area (TPSA) is 56.0 Å². The molecule has 112 valence electrons. The third kappa shape index (κ3) is 2.90. The van der Waals surface area contributed by atoms with Crippen molar-refractivity contribution in [1.29, 1.82) is 0 Å². The first-order valence-corrected chi connectivity index (χ1v) is 6.96. The lowest BCUT2D eigenvalue weighted by Gasteiger charge is -2.16. The van der Waals surface area contributed by atoms with Gasteiger partial charge in [-0.3, -0.25) is 9.48 Å². The molecule has 0 bridgehead atoms. The Morgan fingerprint density at radius 2 is 2.00 bits per heavy atom. The molecular formula is C16H17N5O. The lowest BCUT2D eigenvalue weighted by Crippen LogP contribution is -2.26. The highest BCUT2D eigenvalue weighted by Crippen LogP contribution is 2.12. The fourth-order valence-electron chi connectivity index (χ4n) is 2.30. The molecule has 0 fully saturated rings. The molecule has 0 saturated carbocycles. The van der Waals surface area contributed by atoms with Crippen LogP contribution in [0, 0.1) is 0 Å². The second-order valence-electron chi connectivity index (χ2n) is 5.18. The molecule has 0 spiro atoms. The number of carbonyl (C=O) groups excluding carboxylic acids is 1. The Kier molecular flexibility index (Phi) is 3.74. The summed E-state index contributed by atoms with van der Waals surface area (Å²) in [5.41, 5.74) is 2.59. The Labute approximate surface area is 128 Å². The van der Waals surface area contributed by atoms with E-state index in [4.69, 9.17) is 0 Å². The number of benzene rings is 1. The second-order valence-corrected chi connectivity index (χ2v) is 5.18. The molecule has 0 N–H and O–H groups in total. The number of hydrogen-bond acceptors (Lipinski definition) is 3. The summed E-state index contributed by atoms with van der Waals surface area (Å²) in [6, 6.07) is 9.27. The third-order valence-corrected chi connectivity index (χ3v) is 3.41. The maximum atomic E-state index is 12.4. The standard InChI is InChI=1S/C16H17N5O/c1-19(11-13-10-18-20(2)12-13)16(22)14-4-6-15(7-5-14)21-9-3-8-17-21/h3-10,12H,11H2,1-2H3. The molecule has 0 aliphatic heterocycles. The van der Waals surface area contributed by atoms with Gasteiger partial charge in [-0.05, 0) is 30.3 Å². The Morgan fingerprint density at radius 3 is 2.59 bits per heavy atom. The van der Waals surface area contributed by atoms with Crippen LogP contribution in [0.2, 0.25) is 0 Å². The van der Waals surface area contributed by atoms with Crippen molar-refractivity contribution in [3.05, 3.63) is 66.2 Å². The predicted molar refractivity (Wildman–Crippen MR) is 82.6 cm³/mol. The Bertz CT molecular complexity index is 758. The number of nitrogens with zero attached hydrogens (tertiary/aromatic N) is 5. The molecule has 3 rings (SSSR count). The van der Waals surface area contributed by atoms with E-state index in [0.29, 0.717) is 12.1 Å². The molecule has 6 nitrogen and oxygen atoms in total. The van der Waals surface area contributed by atoms with Gasteiger partial charge in [-0.15, -0.1) is 0 Å². The highest BCUT2D eigenvalue weighted by atomic mass is 16.2. The Balaban J connectivity index is 1.71. The number of carbonyl (C=O) groups is 1. The van der Waals surface area contributed by atoms with Crippen molar-refractivity contribution in [3.63, 3.8) is 0 Å². The molecule has 6 heteroatoms. The molecule has 2 heterocycles. The lowest BCUT2D eigenvalue weighted by atomic mass is 10.1.